The van der Waals surface area contributed by atoms with Crippen LogP contribution >= 0.6 is 11.6 Å². The smallest absolute Gasteiger partial charge is 0.123 e. The molecule has 0 N–H and O–H groups in total. The van der Waals surface area contributed by atoms with E-state index < -0.39 is 14.0 Å². The Morgan fingerprint density at radius 2 is 1.17 bits per heavy atom. The van der Waals surface area contributed by atoms with Crippen molar-refractivity contribution in [3.8, 4) is 0 Å². The maximum atomic E-state index is 13.0. The van der Waals surface area contributed by atoms with Crippen LogP contribution < -0.4 is 0 Å². The summed E-state index contributed by atoms with van der Waals surface area (Å²) in [5.74, 6) is -0.565. The molecule has 0 aromatic heterocycles. The SMILES string of the molecule is C[SiH2]C(Cl)(c1ccc(F)cc1)c1ccc(F)cc1. The molecule has 0 fully saturated rings. The van der Waals surface area contributed by atoms with E-state index in [1.807, 2.05) is 0 Å². The summed E-state index contributed by atoms with van der Waals surface area (Å²) < 4.78 is 25.3. The van der Waals surface area contributed by atoms with Gasteiger partial charge in [-0.1, -0.05) is 30.8 Å². The third kappa shape index (κ3) is 2.47. The highest BCUT2D eigenvalue weighted by Gasteiger charge is 2.29. The van der Waals surface area contributed by atoms with Crippen LogP contribution in [0.25, 0.3) is 0 Å². The number of halogens is 3. The molecule has 0 aliphatic carbocycles. The van der Waals surface area contributed by atoms with Crippen LogP contribution in [0.3, 0.4) is 0 Å². The first-order valence-electron chi connectivity index (χ1n) is 5.77. The van der Waals surface area contributed by atoms with E-state index in [1.54, 1.807) is 24.3 Å². The summed E-state index contributed by atoms with van der Waals surface area (Å²) >= 11 is 6.70. The van der Waals surface area contributed by atoms with Gasteiger partial charge in [-0.25, -0.2) is 8.78 Å². The molecule has 4 heteroatoms. The van der Waals surface area contributed by atoms with Gasteiger partial charge < -0.3 is 0 Å². The Bertz CT molecular complexity index is 477. The first kappa shape index (κ1) is 13.2. The third-order valence-corrected chi connectivity index (χ3v) is 6.12. The average Bonchev–Trinajstić information content (AvgIpc) is 2.39. The number of alkyl halides is 1. The van der Waals surface area contributed by atoms with Crippen molar-refractivity contribution in [2.75, 3.05) is 0 Å². The largest absolute Gasteiger partial charge is 0.207 e. The van der Waals surface area contributed by atoms with Crippen LogP contribution in [-0.2, 0) is 4.50 Å². The van der Waals surface area contributed by atoms with Crippen molar-refractivity contribution in [3.05, 3.63) is 71.3 Å². The minimum atomic E-state index is -0.669. The fraction of sp³-hybridized carbons (Fsp3) is 0.143. The highest BCUT2D eigenvalue weighted by atomic mass is 35.5. The number of hydrogen-bond donors (Lipinski definition) is 0. The van der Waals surface area contributed by atoms with E-state index in [0.29, 0.717) is 0 Å². The molecular weight excluding hydrogens is 270 g/mol. The molecule has 18 heavy (non-hydrogen) atoms. The lowest BCUT2D eigenvalue weighted by atomic mass is 10.0. The summed E-state index contributed by atoms with van der Waals surface area (Å²) in [7, 11) is -0.669. The molecule has 0 atom stereocenters. The summed E-state index contributed by atoms with van der Waals surface area (Å²) in [5.41, 5.74) is 1.73. The van der Waals surface area contributed by atoms with E-state index in [1.165, 1.54) is 24.3 Å². The lowest BCUT2D eigenvalue weighted by Crippen LogP contribution is -2.26. The summed E-state index contributed by atoms with van der Waals surface area (Å²) in [6.07, 6.45) is 0. The maximum absolute atomic E-state index is 13.0. The van der Waals surface area contributed by atoms with Crippen molar-refractivity contribution in [1.29, 1.82) is 0 Å². The Kier molecular flexibility index (Phi) is 3.83. The molecule has 2 rings (SSSR count). The van der Waals surface area contributed by atoms with E-state index in [2.05, 4.69) is 6.55 Å². The van der Waals surface area contributed by atoms with Gasteiger partial charge in [0.1, 0.15) is 11.6 Å². The molecule has 0 heterocycles. The van der Waals surface area contributed by atoms with Gasteiger partial charge in [-0.3, -0.25) is 0 Å². The van der Waals surface area contributed by atoms with Crippen LogP contribution in [0.1, 0.15) is 11.1 Å². The minimum absolute atomic E-state index is 0.283. The minimum Gasteiger partial charge on any atom is -0.207 e. The van der Waals surface area contributed by atoms with Gasteiger partial charge in [0, 0.05) is 0 Å². The standard InChI is InChI=1S/C14H13ClF2Si/c1-18-14(15,10-2-6-12(16)7-3-10)11-4-8-13(17)9-5-11/h2-9H,18H2,1H3. The Morgan fingerprint density at radius 3 is 1.44 bits per heavy atom. The van der Waals surface area contributed by atoms with Crippen LogP contribution in [0.15, 0.2) is 48.5 Å². The highest BCUT2D eigenvalue weighted by Crippen LogP contribution is 2.35. The quantitative estimate of drug-likeness (QED) is 0.596. The summed E-state index contributed by atoms with van der Waals surface area (Å²) in [6, 6.07) is 12.4. The zero-order chi connectivity index (χ0) is 13.2. The van der Waals surface area contributed by atoms with Gasteiger partial charge >= 0.3 is 0 Å². The number of benzene rings is 2. The maximum Gasteiger partial charge on any atom is 0.123 e. The molecule has 0 saturated carbocycles. The van der Waals surface area contributed by atoms with Crippen LogP contribution in [-0.4, -0.2) is 9.52 Å². The number of hydrogen-bond acceptors (Lipinski definition) is 0. The van der Waals surface area contributed by atoms with Gasteiger partial charge in [0.05, 0.1) is 14.0 Å². The molecule has 0 nitrogen and oxygen atoms in total. The molecular formula is C14H13ClF2Si. The summed E-state index contributed by atoms with van der Waals surface area (Å²) in [4.78, 5) is 0. The second kappa shape index (κ2) is 5.20. The molecule has 0 radical (unpaired) electrons. The first-order chi connectivity index (χ1) is 8.56. The Labute approximate surface area is 112 Å². The second-order valence-electron chi connectivity index (χ2n) is 4.17. The van der Waals surface area contributed by atoms with Gasteiger partial charge in [-0.2, -0.15) is 0 Å². The molecule has 2 aromatic carbocycles. The molecule has 2 aromatic rings. The normalized spacial score (nSPS) is 12.2. The van der Waals surface area contributed by atoms with Gasteiger partial charge in [-0.05, 0) is 35.4 Å². The average molecular weight is 283 g/mol. The van der Waals surface area contributed by atoms with Crippen molar-refractivity contribution < 1.29 is 8.78 Å². The van der Waals surface area contributed by atoms with Crippen LogP contribution in [0.2, 0.25) is 6.55 Å². The predicted molar refractivity (Wildman–Crippen MR) is 73.8 cm³/mol. The molecule has 0 amide bonds. The van der Waals surface area contributed by atoms with E-state index in [9.17, 15) is 8.78 Å². The zero-order valence-corrected chi connectivity index (χ0v) is 12.1. The van der Waals surface area contributed by atoms with Crippen molar-refractivity contribution >= 4 is 21.1 Å². The molecule has 0 unspecified atom stereocenters. The van der Waals surface area contributed by atoms with Gasteiger partial charge in [0.25, 0.3) is 0 Å². The number of rotatable bonds is 3. The van der Waals surface area contributed by atoms with Crippen molar-refractivity contribution in [2.24, 2.45) is 0 Å². The highest BCUT2D eigenvalue weighted by molar-refractivity contribution is 6.57. The fourth-order valence-electron chi connectivity index (χ4n) is 2.00. The van der Waals surface area contributed by atoms with Crippen LogP contribution in [0.4, 0.5) is 8.78 Å². The van der Waals surface area contributed by atoms with Gasteiger partial charge in [-0.15, -0.1) is 11.6 Å². The molecule has 0 aliphatic heterocycles. The lowest BCUT2D eigenvalue weighted by Gasteiger charge is -2.26. The van der Waals surface area contributed by atoms with Gasteiger partial charge in [0.15, 0.2) is 0 Å². The first-order valence-corrected chi connectivity index (χ1v) is 8.27. The summed E-state index contributed by atoms with van der Waals surface area (Å²) in [6.45, 7) is 2.08. The third-order valence-electron chi connectivity index (χ3n) is 3.09. The molecule has 0 bridgehead atoms. The zero-order valence-electron chi connectivity index (χ0n) is 9.96. The van der Waals surface area contributed by atoms with Crippen molar-refractivity contribution in [2.45, 2.75) is 11.0 Å². The predicted octanol–water partition coefficient (Wildman–Crippen LogP) is 3.62. The monoisotopic (exact) mass is 282 g/mol. The topological polar surface area (TPSA) is 0 Å². The van der Waals surface area contributed by atoms with Crippen LogP contribution in [0.5, 0.6) is 0 Å². The van der Waals surface area contributed by atoms with E-state index >= 15 is 0 Å². The Balaban J connectivity index is 2.47. The van der Waals surface area contributed by atoms with Gasteiger partial charge in [0.2, 0.25) is 0 Å². The lowest BCUT2D eigenvalue weighted by molar-refractivity contribution is 0.626. The molecule has 0 spiro atoms. The second-order valence-corrected chi connectivity index (χ2v) is 7.03. The van der Waals surface area contributed by atoms with Crippen molar-refractivity contribution in [3.63, 3.8) is 0 Å². The van der Waals surface area contributed by atoms with E-state index in [4.69, 9.17) is 11.6 Å². The fourth-order valence-corrected chi connectivity index (χ4v) is 3.54. The van der Waals surface area contributed by atoms with E-state index in [0.717, 1.165) is 11.1 Å². The molecule has 0 saturated heterocycles. The van der Waals surface area contributed by atoms with Crippen molar-refractivity contribution in [1.82, 2.24) is 0 Å². The summed E-state index contributed by atoms with van der Waals surface area (Å²) in [5, 5.41) is 0. The molecule has 94 valence electrons. The van der Waals surface area contributed by atoms with Crippen LogP contribution in [0, 0.1) is 11.6 Å². The Morgan fingerprint density at radius 1 is 0.833 bits per heavy atom. The molecule has 0 aliphatic rings. The van der Waals surface area contributed by atoms with E-state index in [-0.39, 0.29) is 11.6 Å². The Hall–Kier alpha value is -1.19.